The van der Waals surface area contributed by atoms with Crippen LogP contribution in [0.15, 0.2) is 23.2 Å². The fourth-order valence-electron chi connectivity index (χ4n) is 1.62. The summed E-state index contributed by atoms with van der Waals surface area (Å²) in [6, 6.07) is 5.75. The first-order valence-corrected chi connectivity index (χ1v) is 6.84. The van der Waals surface area contributed by atoms with Gasteiger partial charge in [0.2, 0.25) is 0 Å². The van der Waals surface area contributed by atoms with E-state index in [0.29, 0.717) is 13.1 Å². The summed E-state index contributed by atoms with van der Waals surface area (Å²) >= 11 is 7.50. The largest absolute Gasteiger partial charge is 0.497 e. The summed E-state index contributed by atoms with van der Waals surface area (Å²) in [5, 5.41) is 4.13. The molecule has 0 saturated heterocycles. The van der Waals surface area contributed by atoms with Gasteiger partial charge in [0.1, 0.15) is 16.2 Å². The number of hydrogen-bond donors (Lipinski definition) is 1. The van der Waals surface area contributed by atoms with Crippen molar-refractivity contribution in [2.24, 2.45) is 4.99 Å². The molecule has 1 aliphatic heterocycles. The van der Waals surface area contributed by atoms with E-state index in [1.807, 2.05) is 18.2 Å². The molecule has 0 bridgehead atoms. The lowest BCUT2D eigenvalue weighted by Crippen LogP contribution is -2.18. The number of rotatable bonds is 4. The van der Waals surface area contributed by atoms with Crippen molar-refractivity contribution in [3.63, 3.8) is 0 Å². The van der Waals surface area contributed by atoms with Crippen LogP contribution < -0.4 is 14.8 Å². The van der Waals surface area contributed by atoms with Crippen molar-refractivity contribution in [1.29, 1.82) is 0 Å². The number of aliphatic imine (C=N–C) groups is 1. The number of thioether (sulfide) groups is 1. The molecule has 6 heteroatoms. The molecule has 18 heavy (non-hydrogen) atoms. The summed E-state index contributed by atoms with van der Waals surface area (Å²) in [7, 11) is 3.28. The third-order valence-corrected chi connectivity index (χ3v) is 3.85. The van der Waals surface area contributed by atoms with Gasteiger partial charge in [-0.2, -0.15) is 0 Å². The minimum absolute atomic E-state index is 0.0465. The van der Waals surface area contributed by atoms with Crippen molar-refractivity contribution in [3.8, 4) is 11.5 Å². The number of ether oxygens (including phenoxy) is 2. The molecule has 1 aromatic carbocycles. The first-order chi connectivity index (χ1) is 8.72. The van der Waals surface area contributed by atoms with Crippen LogP contribution in [-0.2, 0) is 6.54 Å². The Morgan fingerprint density at radius 3 is 2.89 bits per heavy atom. The fourth-order valence-corrected chi connectivity index (χ4v) is 2.63. The summed E-state index contributed by atoms with van der Waals surface area (Å²) < 4.78 is 10.5. The maximum Gasteiger partial charge on any atom is 0.158 e. The van der Waals surface area contributed by atoms with Gasteiger partial charge < -0.3 is 14.8 Å². The van der Waals surface area contributed by atoms with E-state index >= 15 is 0 Å². The number of amidine groups is 1. The van der Waals surface area contributed by atoms with E-state index in [9.17, 15) is 0 Å². The van der Waals surface area contributed by atoms with Gasteiger partial charge in [0, 0.05) is 18.2 Å². The molecule has 0 aromatic heterocycles. The Morgan fingerprint density at radius 1 is 1.44 bits per heavy atom. The summed E-state index contributed by atoms with van der Waals surface area (Å²) in [6.07, 6.45) is 0. The molecular formula is C12H15ClN2O2S. The van der Waals surface area contributed by atoms with Crippen LogP contribution in [0.25, 0.3) is 0 Å². The highest BCUT2D eigenvalue weighted by Crippen LogP contribution is 2.26. The Morgan fingerprint density at radius 2 is 2.28 bits per heavy atom. The lowest BCUT2D eigenvalue weighted by Gasteiger charge is -2.11. The minimum Gasteiger partial charge on any atom is -0.497 e. The van der Waals surface area contributed by atoms with E-state index in [1.165, 1.54) is 0 Å². The molecule has 0 saturated carbocycles. The summed E-state index contributed by atoms with van der Waals surface area (Å²) in [4.78, 5) is 4.29. The van der Waals surface area contributed by atoms with E-state index in [2.05, 4.69) is 10.3 Å². The Bertz CT molecular complexity index is 454. The average molecular weight is 287 g/mol. The van der Waals surface area contributed by atoms with Crippen molar-refractivity contribution < 1.29 is 9.47 Å². The molecule has 98 valence electrons. The average Bonchev–Trinajstić information content (AvgIpc) is 2.82. The van der Waals surface area contributed by atoms with Gasteiger partial charge in [-0.3, -0.25) is 4.99 Å². The molecule has 0 spiro atoms. The predicted molar refractivity (Wildman–Crippen MR) is 75.9 cm³/mol. The van der Waals surface area contributed by atoms with Crippen LogP contribution in [0.3, 0.4) is 0 Å². The Labute approximate surface area is 116 Å². The summed E-state index contributed by atoms with van der Waals surface area (Å²) in [5.41, 5.74) is 1.06. The van der Waals surface area contributed by atoms with Gasteiger partial charge in [-0.25, -0.2) is 0 Å². The van der Waals surface area contributed by atoms with Crippen LogP contribution in [0.2, 0.25) is 0 Å². The summed E-state index contributed by atoms with van der Waals surface area (Å²) in [5.74, 6) is 1.58. The zero-order valence-electron chi connectivity index (χ0n) is 10.3. The number of benzene rings is 1. The smallest absolute Gasteiger partial charge is 0.158 e. The SMILES string of the molecule is COc1ccc(CNC2=NCC(Cl)S2)c(OC)c1. The Kier molecular flexibility index (Phi) is 4.60. The van der Waals surface area contributed by atoms with Gasteiger partial charge in [0.15, 0.2) is 5.17 Å². The van der Waals surface area contributed by atoms with E-state index in [4.69, 9.17) is 21.1 Å². The Balaban J connectivity index is 2.00. The predicted octanol–water partition coefficient (Wildman–Crippen LogP) is 2.46. The van der Waals surface area contributed by atoms with Crippen LogP contribution in [0.1, 0.15) is 5.56 Å². The van der Waals surface area contributed by atoms with E-state index < -0.39 is 0 Å². The third-order valence-electron chi connectivity index (χ3n) is 2.54. The first-order valence-electron chi connectivity index (χ1n) is 5.53. The molecular weight excluding hydrogens is 272 g/mol. The van der Waals surface area contributed by atoms with Gasteiger partial charge >= 0.3 is 0 Å². The zero-order valence-corrected chi connectivity index (χ0v) is 11.8. The van der Waals surface area contributed by atoms with Crippen LogP contribution in [0.5, 0.6) is 11.5 Å². The normalized spacial score (nSPS) is 18.4. The number of hydrogen-bond acceptors (Lipinski definition) is 5. The molecule has 2 rings (SSSR count). The minimum atomic E-state index is 0.0465. The number of alkyl halides is 1. The van der Waals surface area contributed by atoms with Crippen molar-refractivity contribution >= 4 is 28.5 Å². The molecule has 4 nitrogen and oxygen atoms in total. The molecule has 1 atom stereocenters. The number of nitrogens with one attached hydrogen (secondary N) is 1. The third kappa shape index (κ3) is 3.23. The highest BCUT2D eigenvalue weighted by atomic mass is 35.5. The molecule has 0 aliphatic carbocycles. The van der Waals surface area contributed by atoms with E-state index in [1.54, 1.807) is 26.0 Å². The topological polar surface area (TPSA) is 42.8 Å². The number of methoxy groups -OCH3 is 2. The Hall–Kier alpha value is -1.07. The summed E-state index contributed by atoms with van der Waals surface area (Å²) in [6.45, 7) is 1.32. The molecule has 0 fully saturated rings. The standard InChI is InChI=1S/C12H15ClN2O2S/c1-16-9-4-3-8(10(5-9)17-2)6-14-12-15-7-11(13)18-12/h3-5,11H,6-7H2,1-2H3,(H,14,15). The van der Waals surface area contributed by atoms with Crippen LogP contribution in [-0.4, -0.2) is 30.6 Å². The molecule has 1 N–H and O–H groups in total. The van der Waals surface area contributed by atoms with E-state index in [0.717, 1.165) is 22.2 Å². The second-order valence-electron chi connectivity index (χ2n) is 3.71. The quantitative estimate of drug-likeness (QED) is 0.864. The van der Waals surface area contributed by atoms with Gasteiger partial charge in [-0.1, -0.05) is 11.8 Å². The van der Waals surface area contributed by atoms with Crippen molar-refractivity contribution in [2.45, 2.75) is 11.3 Å². The maximum atomic E-state index is 5.95. The van der Waals surface area contributed by atoms with Crippen molar-refractivity contribution in [2.75, 3.05) is 20.8 Å². The monoisotopic (exact) mass is 286 g/mol. The second-order valence-corrected chi connectivity index (χ2v) is 5.68. The molecule has 1 heterocycles. The van der Waals surface area contributed by atoms with Crippen molar-refractivity contribution in [1.82, 2.24) is 5.32 Å². The first kappa shape index (κ1) is 13.4. The highest BCUT2D eigenvalue weighted by molar-refractivity contribution is 8.15. The second kappa shape index (κ2) is 6.20. The molecule has 0 radical (unpaired) electrons. The van der Waals surface area contributed by atoms with Crippen LogP contribution in [0.4, 0.5) is 0 Å². The molecule has 0 amide bonds. The molecule has 1 aromatic rings. The van der Waals surface area contributed by atoms with Gasteiger partial charge in [0.25, 0.3) is 0 Å². The van der Waals surface area contributed by atoms with Crippen LogP contribution >= 0.6 is 23.4 Å². The van der Waals surface area contributed by atoms with Gasteiger partial charge in [-0.15, -0.1) is 11.6 Å². The molecule has 1 unspecified atom stereocenters. The zero-order chi connectivity index (χ0) is 13.0. The molecule has 1 aliphatic rings. The van der Waals surface area contributed by atoms with Crippen LogP contribution in [0, 0.1) is 0 Å². The fraction of sp³-hybridized carbons (Fsp3) is 0.417. The lowest BCUT2D eigenvalue weighted by molar-refractivity contribution is 0.390. The lowest BCUT2D eigenvalue weighted by atomic mass is 10.2. The van der Waals surface area contributed by atoms with Gasteiger partial charge in [-0.05, 0) is 12.1 Å². The highest BCUT2D eigenvalue weighted by Gasteiger charge is 2.16. The van der Waals surface area contributed by atoms with Crippen molar-refractivity contribution in [3.05, 3.63) is 23.8 Å². The number of halogens is 1. The van der Waals surface area contributed by atoms with E-state index in [-0.39, 0.29) is 4.71 Å². The number of nitrogens with zero attached hydrogens (tertiary/aromatic N) is 1. The van der Waals surface area contributed by atoms with Gasteiger partial charge in [0.05, 0.1) is 20.8 Å². The maximum absolute atomic E-state index is 5.95.